The fourth-order valence-electron chi connectivity index (χ4n) is 2.16. The first kappa shape index (κ1) is 13.2. The van der Waals surface area contributed by atoms with Gasteiger partial charge in [-0.05, 0) is 36.5 Å². The minimum absolute atomic E-state index is 0.579. The van der Waals surface area contributed by atoms with Gasteiger partial charge in [-0.3, -0.25) is 4.68 Å². The summed E-state index contributed by atoms with van der Waals surface area (Å²) in [4.78, 5) is 0. The number of rotatable bonds is 7. The molecule has 0 aliphatic heterocycles. The number of methoxy groups -OCH3 is 1. The number of hydrogen-bond donors (Lipinski definition) is 0. The molecule has 0 bridgehead atoms. The largest absolute Gasteiger partial charge is 0.491 e. The highest BCUT2D eigenvalue weighted by molar-refractivity contribution is 5.62. The average molecular weight is 272 g/mol. The lowest BCUT2D eigenvalue weighted by Crippen LogP contribution is -2.03. The molecule has 0 spiro atoms. The van der Waals surface area contributed by atoms with Crippen LogP contribution in [0.15, 0.2) is 36.7 Å². The topological polar surface area (TPSA) is 36.3 Å². The van der Waals surface area contributed by atoms with Crippen molar-refractivity contribution in [1.29, 1.82) is 0 Å². The van der Waals surface area contributed by atoms with Crippen LogP contribution in [0.5, 0.6) is 5.75 Å². The van der Waals surface area contributed by atoms with E-state index in [4.69, 9.17) is 9.47 Å². The fourth-order valence-corrected chi connectivity index (χ4v) is 2.16. The lowest BCUT2D eigenvalue weighted by molar-refractivity contribution is 0.146. The molecular weight excluding hydrogens is 252 g/mol. The maximum absolute atomic E-state index is 5.56. The van der Waals surface area contributed by atoms with Crippen molar-refractivity contribution in [2.45, 2.75) is 19.4 Å². The molecule has 0 radical (unpaired) electrons. The summed E-state index contributed by atoms with van der Waals surface area (Å²) in [6.07, 6.45) is 6.76. The highest BCUT2D eigenvalue weighted by Crippen LogP contribution is 2.31. The Hall–Kier alpha value is -1.81. The van der Waals surface area contributed by atoms with E-state index in [1.54, 1.807) is 7.11 Å². The van der Waals surface area contributed by atoms with Crippen molar-refractivity contribution in [3.8, 4) is 16.9 Å². The van der Waals surface area contributed by atoms with E-state index in [1.807, 2.05) is 18.3 Å². The summed E-state index contributed by atoms with van der Waals surface area (Å²) in [6, 6.07) is 8.12. The van der Waals surface area contributed by atoms with Gasteiger partial charge in [-0.1, -0.05) is 12.1 Å². The van der Waals surface area contributed by atoms with Gasteiger partial charge >= 0.3 is 0 Å². The van der Waals surface area contributed by atoms with Crippen LogP contribution >= 0.6 is 0 Å². The molecule has 106 valence electrons. The molecule has 0 saturated heterocycles. The van der Waals surface area contributed by atoms with Crippen LogP contribution in [0.3, 0.4) is 0 Å². The van der Waals surface area contributed by atoms with Crippen molar-refractivity contribution in [3.05, 3.63) is 36.7 Å². The van der Waals surface area contributed by atoms with Gasteiger partial charge in [0.05, 0.1) is 12.8 Å². The number of ether oxygens (including phenoxy) is 2. The zero-order valence-corrected chi connectivity index (χ0v) is 11.8. The van der Waals surface area contributed by atoms with Crippen molar-refractivity contribution in [1.82, 2.24) is 9.78 Å². The summed E-state index contributed by atoms with van der Waals surface area (Å²) in [6.45, 7) is 2.24. The number of aromatic nitrogens is 2. The second-order valence-corrected chi connectivity index (χ2v) is 5.26. The summed E-state index contributed by atoms with van der Waals surface area (Å²) in [5.41, 5.74) is 2.33. The van der Waals surface area contributed by atoms with Crippen LogP contribution in [-0.2, 0) is 11.3 Å². The molecule has 1 aliphatic carbocycles. The monoisotopic (exact) mass is 272 g/mol. The molecule has 2 aromatic rings. The molecule has 1 heterocycles. The van der Waals surface area contributed by atoms with Crippen molar-refractivity contribution >= 4 is 0 Å². The highest BCUT2D eigenvalue weighted by atomic mass is 16.5. The van der Waals surface area contributed by atoms with Crippen LogP contribution in [0.2, 0.25) is 0 Å². The van der Waals surface area contributed by atoms with Crippen LogP contribution in [0, 0.1) is 5.92 Å². The normalized spacial score (nSPS) is 14.4. The number of nitrogens with zero attached hydrogens (tertiary/aromatic N) is 2. The van der Waals surface area contributed by atoms with E-state index in [2.05, 4.69) is 28.1 Å². The molecule has 4 heteroatoms. The third-order valence-electron chi connectivity index (χ3n) is 3.52. The molecule has 0 N–H and O–H groups in total. The third-order valence-corrected chi connectivity index (χ3v) is 3.52. The van der Waals surface area contributed by atoms with Gasteiger partial charge in [0.2, 0.25) is 0 Å². The van der Waals surface area contributed by atoms with Crippen LogP contribution < -0.4 is 4.74 Å². The van der Waals surface area contributed by atoms with Gasteiger partial charge in [-0.25, -0.2) is 0 Å². The summed E-state index contributed by atoms with van der Waals surface area (Å²) < 4.78 is 12.6. The van der Waals surface area contributed by atoms with Gasteiger partial charge in [-0.15, -0.1) is 0 Å². The standard InChI is InChI=1S/C16H20N2O2/c1-19-8-9-20-16-6-4-14(5-7-16)15-10-17-18(12-15)11-13-2-3-13/h4-7,10,12-13H,2-3,8-9,11H2,1H3. The predicted molar refractivity (Wildman–Crippen MR) is 77.8 cm³/mol. The van der Waals surface area contributed by atoms with Gasteiger partial charge in [0.1, 0.15) is 12.4 Å². The third kappa shape index (κ3) is 3.39. The zero-order chi connectivity index (χ0) is 13.8. The van der Waals surface area contributed by atoms with Crippen LogP contribution in [0.25, 0.3) is 11.1 Å². The Bertz CT molecular complexity index is 544. The number of hydrogen-bond acceptors (Lipinski definition) is 3. The predicted octanol–water partition coefficient (Wildman–Crippen LogP) is 2.99. The Morgan fingerprint density at radius 1 is 1.15 bits per heavy atom. The lowest BCUT2D eigenvalue weighted by atomic mass is 10.1. The van der Waals surface area contributed by atoms with Gasteiger partial charge in [0.15, 0.2) is 0 Å². The van der Waals surface area contributed by atoms with E-state index >= 15 is 0 Å². The molecule has 1 saturated carbocycles. The van der Waals surface area contributed by atoms with Gasteiger partial charge in [0, 0.05) is 25.4 Å². The molecule has 0 atom stereocenters. The Kier molecular flexibility index (Phi) is 4.02. The average Bonchev–Trinajstić information content (AvgIpc) is 3.16. The Morgan fingerprint density at radius 2 is 1.95 bits per heavy atom. The van der Waals surface area contributed by atoms with Crippen LogP contribution in [0.1, 0.15) is 12.8 Å². The molecule has 1 aliphatic rings. The smallest absolute Gasteiger partial charge is 0.119 e. The summed E-state index contributed by atoms with van der Waals surface area (Å²) in [5, 5.41) is 4.42. The van der Waals surface area contributed by atoms with Crippen molar-refractivity contribution in [3.63, 3.8) is 0 Å². The van der Waals surface area contributed by atoms with E-state index in [-0.39, 0.29) is 0 Å². The zero-order valence-electron chi connectivity index (χ0n) is 11.8. The molecule has 1 aromatic carbocycles. The van der Waals surface area contributed by atoms with Gasteiger partial charge < -0.3 is 9.47 Å². The molecule has 0 unspecified atom stereocenters. The Morgan fingerprint density at radius 3 is 2.65 bits per heavy atom. The second-order valence-electron chi connectivity index (χ2n) is 5.26. The summed E-state index contributed by atoms with van der Waals surface area (Å²) in [7, 11) is 1.67. The molecule has 1 aromatic heterocycles. The minimum Gasteiger partial charge on any atom is -0.491 e. The quantitative estimate of drug-likeness (QED) is 0.727. The Labute approximate surface area is 119 Å². The van der Waals surface area contributed by atoms with Crippen LogP contribution in [-0.4, -0.2) is 30.1 Å². The van der Waals surface area contributed by atoms with E-state index in [1.165, 1.54) is 18.4 Å². The fraction of sp³-hybridized carbons (Fsp3) is 0.438. The first-order valence-electron chi connectivity index (χ1n) is 7.10. The molecule has 4 nitrogen and oxygen atoms in total. The van der Waals surface area contributed by atoms with Crippen molar-refractivity contribution in [2.24, 2.45) is 5.92 Å². The molecule has 1 fully saturated rings. The first-order valence-corrected chi connectivity index (χ1v) is 7.10. The first-order chi connectivity index (χ1) is 9.85. The number of benzene rings is 1. The molecule has 20 heavy (non-hydrogen) atoms. The van der Waals surface area contributed by atoms with E-state index in [0.717, 1.165) is 23.8 Å². The summed E-state index contributed by atoms with van der Waals surface area (Å²) in [5.74, 6) is 1.72. The van der Waals surface area contributed by atoms with Gasteiger partial charge in [0.25, 0.3) is 0 Å². The molecule has 3 rings (SSSR count). The minimum atomic E-state index is 0.579. The molecule has 0 amide bonds. The second kappa shape index (κ2) is 6.09. The maximum Gasteiger partial charge on any atom is 0.119 e. The van der Waals surface area contributed by atoms with Gasteiger partial charge in [-0.2, -0.15) is 5.10 Å². The van der Waals surface area contributed by atoms with Crippen LogP contribution in [0.4, 0.5) is 0 Å². The van der Waals surface area contributed by atoms with Crippen molar-refractivity contribution in [2.75, 3.05) is 20.3 Å². The SMILES string of the molecule is COCCOc1ccc(-c2cnn(CC3CC3)c2)cc1. The van der Waals surface area contributed by atoms with Crippen molar-refractivity contribution < 1.29 is 9.47 Å². The van der Waals surface area contributed by atoms with E-state index in [0.29, 0.717) is 13.2 Å². The lowest BCUT2D eigenvalue weighted by Gasteiger charge is -2.05. The summed E-state index contributed by atoms with van der Waals surface area (Å²) >= 11 is 0. The highest BCUT2D eigenvalue weighted by Gasteiger charge is 2.21. The maximum atomic E-state index is 5.56. The Balaban J connectivity index is 1.62. The molecular formula is C16H20N2O2. The van der Waals surface area contributed by atoms with E-state index in [9.17, 15) is 0 Å². The van der Waals surface area contributed by atoms with E-state index < -0.39 is 0 Å².